The molecule has 0 aliphatic heterocycles. The fourth-order valence-electron chi connectivity index (χ4n) is 1.07. The lowest BCUT2D eigenvalue weighted by molar-refractivity contribution is -0.0499. The minimum Gasteiger partial charge on any atom is -0.434 e. The van der Waals surface area contributed by atoms with Gasteiger partial charge in [-0.15, -0.1) is 0 Å². The quantitative estimate of drug-likeness (QED) is 0.454. The predicted octanol–water partition coefficient (Wildman–Crippen LogP) is 2.02. The second-order valence-corrected chi connectivity index (χ2v) is 3.06. The number of rotatable bonds is 7. The third kappa shape index (κ3) is 5.26. The van der Waals surface area contributed by atoms with Crippen LogP contribution in [0.25, 0.3) is 0 Å². The third-order valence-electron chi connectivity index (χ3n) is 1.80. The number of hydrogen-bond acceptors (Lipinski definition) is 4. The van der Waals surface area contributed by atoms with Gasteiger partial charge in [-0.05, 0) is 12.1 Å². The minimum absolute atomic E-state index is 0.0145. The Morgan fingerprint density at radius 3 is 2.82 bits per heavy atom. The highest BCUT2D eigenvalue weighted by Crippen LogP contribution is 2.18. The van der Waals surface area contributed by atoms with Gasteiger partial charge in [-0.25, -0.2) is 0 Å². The van der Waals surface area contributed by atoms with Crippen molar-refractivity contribution >= 4 is 6.21 Å². The van der Waals surface area contributed by atoms with Crippen LogP contribution in [0.1, 0.15) is 12.0 Å². The van der Waals surface area contributed by atoms with E-state index in [1.807, 2.05) is 0 Å². The van der Waals surface area contributed by atoms with E-state index in [2.05, 4.69) is 9.89 Å². The van der Waals surface area contributed by atoms with Gasteiger partial charge in [-0.2, -0.15) is 8.78 Å². The molecule has 0 heterocycles. The monoisotopic (exact) mass is 245 g/mol. The number of benzene rings is 1. The van der Waals surface area contributed by atoms with Crippen molar-refractivity contribution in [3.05, 3.63) is 29.8 Å². The van der Waals surface area contributed by atoms with Gasteiger partial charge in [0, 0.05) is 18.6 Å². The molecule has 0 aromatic heterocycles. The molecule has 0 aliphatic carbocycles. The molecule has 1 aromatic carbocycles. The summed E-state index contributed by atoms with van der Waals surface area (Å²) < 4.78 is 28.4. The molecule has 1 rings (SSSR count). The lowest BCUT2D eigenvalue weighted by atomic mass is 10.2. The third-order valence-corrected chi connectivity index (χ3v) is 1.80. The van der Waals surface area contributed by atoms with Crippen LogP contribution in [0, 0.1) is 0 Å². The lowest BCUT2D eigenvalue weighted by Gasteiger charge is -2.06. The zero-order valence-electron chi connectivity index (χ0n) is 9.05. The molecule has 1 aromatic rings. The number of aliphatic hydroxyl groups excluding tert-OH is 1. The van der Waals surface area contributed by atoms with Crippen molar-refractivity contribution in [2.75, 3.05) is 13.2 Å². The first-order chi connectivity index (χ1) is 8.24. The van der Waals surface area contributed by atoms with Gasteiger partial charge in [0.2, 0.25) is 0 Å². The predicted molar refractivity (Wildman–Crippen MR) is 58.3 cm³/mol. The van der Waals surface area contributed by atoms with Crippen LogP contribution in [0.15, 0.2) is 29.4 Å². The Morgan fingerprint density at radius 1 is 1.35 bits per heavy atom. The number of alkyl halides is 2. The topological polar surface area (TPSA) is 51.0 Å². The minimum atomic E-state index is -2.88. The van der Waals surface area contributed by atoms with Crippen LogP contribution >= 0.6 is 0 Å². The zero-order chi connectivity index (χ0) is 12.5. The summed E-state index contributed by atoms with van der Waals surface area (Å²) in [7, 11) is 0. The Bertz CT molecular complexity index is 358. The molecule has 0 radical (unpaired) electrons. The normalized spacial score (nSPS) is 11.1. The van der Waals surface area contributed by atoms with Gasteiger partial charge >= 0.3 is 6.61 Å². The molecule has 0 atom stereocenters. The summed E-state index contributed by atoms with van der Waals surface area (Å²) in [6.45, 7) is -2.59. The summed E-state index contributed by atoms with van der Waals surface area (Å²) >= 11 is 0. The first-order valence-corrected chi connectivity index (χ1v) is 5.04. The summed E-state index contributed by atoms with van der Waals surface area (Å²) in [6.07, 6.45) is 1.75. The van der Waals surface area contributed by atoms with Crippen molar-refractivity contribution in [3.8, 4) is 5.75 Å². The van der Waals surface area contributed by atoms with Gasteiger partial charge in [0.1, 0.15) is 12.4 Å². The molecule has 17 heavy (non-hydrogen) atoms. The molecule has 0 aliphatic rings. The summed E-state index contributed by atoms with van der Waals surface area (Å²) in [4.78, 5) is 4.80. The van der Waals surface area contributed by atoms with Crippen molar-refractivity contribution in [3.63, 3.8) is 0 Å². The average Bonchev–Trinajstić information content (AvgIpc) is 2.30. The molecule has 94 valence electrons. The second-order valence-electron chi connectivity index (χ2n) is 3.06. The van der Waals surface area contributed by atoms with Gasteiger partial charge in [-0.3, -0.25) is 0 Å². The molecule has 6 heteroatoms. The lowest BCUT2D eigenvalue weighted by Crippen LogP contribution is -2.04. The smallest absolute Gasteiger partial charge is 0.387 e. The molecule has 0 fully saturated rings. The van der Waals surface area contributed by atoms with E-state index in [9.17, 15) is 8.78 Å². The maximum Gasteiger partial charge on any atom is 0.387 e. The molecule has 1 N–H and O–H groups in total. The van der Waals surface area contributed by atoms with E-state index < -0.39 is 6.61 Å². The molecular formula is C11H13F2NO3. The van der Waals surface area contributed by atoms with Gasteiger partial charge in [0.25, 0.3) is 0 Å². The summed E-state index contributed by atoms with van der Waals surface area (Å²) in [5.74, 6) is 0.0389. The van der Waals surface area contributed by atoms with Crippen LogP contribution in [0.2, 0.25) is 0 Å². The van der Waals surface area contributed by atoms with E-state index in [0.29, 0.717) is 12.0 Å². The number of halogens is 2. The molecule has 4 nitrogen and oxygen atoms in total. The number of hydrogen-bond donors (Lipinski definition) is 1. The van der Waals surface area contributed by atoms with Crippen molar-refractivity contribution in [1.82, 2.24) is 0 Å². The van der Waals surface area contributed by atoms with Crippen molar-refractivity contribution in [2.45, 2.75) is 13.0 Å². The average molecular weight is 245 g/mol. The molecule has 0 amide bonds. The van der Waals surface area contributed by atoms with E-state index in [-0.39, 0.29) is 19.0 Å². The first kappa shape index (κ1) is 13.4. The van der Waals surface area contributed by atoms with Crippen molar-refractivity contribution in [2.24, 2.45) is 5.16 Å². The number of para-hydroxylation sites is 1. The van der Waals surface area contributed by atoms with Crippen LogP contribution in [-0.2, 0) is 4.84 Å². The van der Waals surface area contributed by atoms with Gasteiger partial charge in [0.05, 0.1) is 6.21 Å². The highest BCUT2D eigenvalue weighted by molar-refractivity contribution is 5.82. The van der Waals surface area contributed by atoms with E-state index >= 15 is 0 Å². The maximum absolute atomic E-state index is 12.1. The maximum atomic E-state index is 12.1. The second kappa shape index (κ2) is 7.56. The standard InChI is InChI=1S/C11H13F2NO3/c12-11(13)17-10-5-2-1-4-9(10)8-14-16-7-3-6-15/h1-2,4-5,8,11,15H,3,6-7H2/b14-8+. The van der Waals surface area contributed by atoms with E-state index in [1.165, 1.54) is 12.3 Å². The number of nitrogens with zero attached hydrogens (tertiary/aromatic N) is 1. The van der Waals surface area contributed by atoms with Crippen LogP contribution in [-0.4, -0.2) is 31.1 Å². The number of ether oxygens (including phenoxy) is 1. The molecule has 0 unspecified atom stereocenters. The number of aliphatic hydroxyl groups is 1. The Balaban J connectivity index is 2.56. The largest absolute Gasteiger partial charge is 0.434 e. The summed E-state index contributed by atoms with van der Waals surface area (Å²) in [6, 6.07) is 6.26. The zero-order valence-corrected chi connectivity index (χ0v) is 9.05. The highest BCUT2D eigenvalue weighted by atomic mass is 19.3. The van der Waals surface area contributed by atoms with Gasteiger partial charge in [-0.1, -0.05) is 17.3 Å². The highest BCUT2D eigenvalue weighted by Gasteiger charge is 2.07. The van der Waals surface area contributed by atoms with E-state index in [0.717, 1.165) is 0 Å². The fraction of sp³-hybridized carbons (Fsp3) is 0.364. The molecule has 0 bridgehead atoms. The first-order valence-electron chi connectivity index (χ1n) is 5.04. The van der Waals surface area contributed by atoms with Crippen molar-refractivity contribution in [1.29, 1.82) is 0 Å². The van der Waals surface area contributed by atoms with Crippen molar-refractivity contribution < 1.29 is 23.5 Å². The van der Waals surface area contributed by atoms with E-state index in [4.69, 9.17) is 9.94 Å². The molecular weight excluding hydrogens is 232 g/mol. The SMILES string of the molecule is OCCCO/N=C/c1ccccc1OC(F)F. The Morgan fingerprint density at radius 2 is 2.12 bits per heavy atom. The van der Waals surface area contributed by atoms with E-state index in [1.54, 1.807) is 18.2 Å². The fourth-order valence-corrected chi connectivity index (χ4v) is 1.07. The van der Waals surface area contributed by atoms with Gasteiger partial charge in [0.15, 0.2) is 0 Å². The van der Waals surface area contributed by atoms with Crippen LogP contribution in [0.4, 0.5) is 8.78 Å². The summed E-state index contributed by atoms with van der Waals surface area (Å²) in [5, 5.41) is 12.1. The molecule has 0 saturated carbocycles. The van der Waals surface area contributed by atoms with Crippen LogP contribution in [0.3, 0.4) is 0 Å². The Kier molecular flexibility index (Phi) is 5.95. The molecule has 0 saturated heterocycles. The Hall–Kier alpha value is -1.69. The van der Waals surface area contributed by atoms with Crippen LogP contribution in [0.5, 0.6) is 5.75 Å². The number of oxime groups is 1. The Labute approximate surface area is 97.5 Å². The summed E-state index contributed by atoms with van der Waals surface area (Å²) in [5.41, 5.74) is 0.400. The van der Waals surface area contributed by atoms with Crippen LogP contribution < -0.4 is 4.74 Å². The molecule has 0 spiro atoms. The van der Waals surface area contributed by atoms with Gasteiger partial charge < -0.3 is 14.7 Å².